The van der Waals surface area contributed by atoms with Crippen LogP contribution in [0.1, 0.15) is 87.1 Å². The monoisotopic (exact) mass is 363 g/mol. The number of aliphatic carboxylic acids is 1. The third-order valence-corrected chi connectivity index (χ3v) is 4.54. The van der Waals surface area contributed by atoms with E-state index in [-0.39, 0.29) is 5.06 Å². The van der Waals surface area contributed by atoms with Gasteiger partial charge < -0.3 is 5.11 Å². The van der Waals surface area contributed by atoms with Gasteiger partial charge in [0.25, 0.3) is 5.91 Å². The molecule has 0 spiro atoms. The number of carbonyl (C=O) groups excluding carboxylic acids is 1. The van der Waals surface area contributed by atoms with Gasteiger partial charge in [-0.3, -0.25) is 14.8 Å². The molecule has 146 valence electrons. The summed E-state index contributed by atoms with van der Waals surface area (Å²) in [6.07, 6.45) is 14.0. The van der Waals surface area contributed by atoms with Crippen molar-refractivity contribution < 1.29 is 19.9 Å². The summed E-state index contributed by atoms with van der Waals surface area (Å²) in [5.74, 6) is -1.95. The van der Waals surface area contributed by atoms with Crippen LogP contribution >= 0.6 is 0 Å². The molecule has 0 fully saturated rings. The van der Waals surface area contributed by atoms with Crippen molar-refractivity contribution >= 4 is 11.9 Å². The Kier molecular flexibility index (Phi) is 11.4. The zero-order chi connectivity index (χ0) is 19.2. The number of amides is 1. The van der Waals surface area contributed by atoms with Crippen LogP contribution in [-0.2, 0) is 11.2 Å². The largest absolute Gasteiger partial charge is 0.480 e. The zero-order valence-electron chi connectivity index (χ0n) is 16.0. The van der Waals surface area contributed by atoms with Crippen LogP contribution < -0.4 is 0 Å². The van der Waals surface area contributed by atoms with E-state index in [4.69, 9.17) is 5.11 Å². The van der Waals surface area contributed by atoms with Crippen LogP contribution in [0.4, 0.5) is 0 Å². The fourth-order valence-corrected chi connectivity index (χ4v) is 2.98. The molecule has 0 aliphatic carbocycles. The number of carboxylic acids is 1. The second kappa shape index (κ2) is 13.3. The lowest BCUT2D eigenvalue weighted by Crippen LogP contribution is -2.32. The molecule has 0 atom stereocenters. The summed E-state index contributed by atoms with van der Waals surface area (Å²) in [5, 5.41) is 18.2. The Morgan fingerprint density at radius 2 is 1.35 bits per heavy atom. The van der Waals surface area contributed by atoms with Crippen LogP contribution in [0.3, 0.4) is 0 Å². The van der Waals surface area contributed by atoms with Gasteiger partial charge in [-0.2, -0.15) is 0 Å². The Morgan fingerprint density at radius 1 is 0.846 bits per heavy atom. The minimum atomic E-state index is -1.25. The van der Waals surface area contributed by atoms with Crippen LogP contribution in [0.2, 0.25) is 0 Å². The molecule has 0 unspecified atom stereocenters. The van der Waals surface area contributed by atoms with E-state index < -0.39 is 18.4 Å². The van der Waals surface area contributed by atoms with Gasteiger partial charge in [0, 0.05) is 5.56 Å². The number of carboxylic acid groups (broad SMARTS) is 1. The molecule has 0 aliphatic heterocycles. The summed E-state index contributed by atoms with van der Waals surface area (Å²) < 4.78 is 0. The van der Waals surface area contributed by atoms with Gasteiger partial charge in [-0.25, -0.2) is 5.06 Å². The SMILES string of the molecule is CCCCCCCCCCCCc1ccc(C(=O)N(O)CC(=O)O)cc1. The summed E-state index contributed by atoms with van der Waals surface area (Å²) in [4.78, 5) is 22.4. The highest BCUT2D eigenvalue weighted by Crippen LogP contribution is 2.13. The highest BCUT2D eigenvalue weighted by atomic mass is 16.5. The van der Waals surface area contributed by atoms with E-state index in [1.165, 1.54) is 57.8 Å². The molecule has 0 aromatic heterocycles. The van der Waals surface area contributed by atoms with E-state index in [0.29, 0.717) is 5.56 Å². The zero-order valence-corrected chi connectivity index (χ0v) is 16.0. The number of carbonyl (C=O) groups is 2. The average Bonchev–Trinajstić information content (AvgIpc) is 2.62. The molecule has 5 nitrogen and oxygen atoms in total. The van der Waals surface area contributed by atoms with Gasteiger partial charge in [-0.05, 0) is 30.5 Å². The lowest BCUT2D eigenvalue weighted by Gasteiger charge is -2.12. The van der Waals surface area contributed by atoms with Crippen LogP contribution in [0.25, 0.3) is 0 Å². The van der Waals surface area contributed by atoms with Crippen molar-refractivity contribution in [3.05, 3.63) is 35.4 Å². The Bertz CT molecular complexity index is 527. The highest BCUT2D eigenvalue weighted by molar-refractivity contribution is 5.94. The van der Waals surface area contributed by atoms with Crippen molar-refractivity contribution in [2.24, 2.45) is 0 Å². The number of hydrogen-bond donors (Lipinski definition) is 2. The normalized spacial score (nSPS) is 10.7. The van der Waals surface area contributed by atoms with Gasteiger partial charge in [0.1, 0.15) is 6.54 Å². The van der Waals surface area contributed by atoms with Crippen molar-refractivity contribution in [1.82, 2.24) is 5.06 Å². The summed E-state index contributed by atoms with van der Waals surface area (Å²) in [5.41, 5.74) is 1.45. The lowest BCUT2D eigenvalue weighted by atomic mass is 10.0. The van der Waals surface area contributed by atoms with Crippen molar-refractivity contribution in [3.63, 3.8) is 0 Å². The maximum atomic E-state index is 11.8. The predicted octanol–water partition coefficient (Wildman–Crippen LogP) is 5.07. The Labute approximate surface area is 157 Å². The smallest absolute Gasteiger partial charge is 0.325 e. The van der Waals surface area contributed by atoms with Crippen molar-refractivity contribution in [1.29, 1.82) is 0 Å². The number of nitrogens with zero attached hydrogens (tertiary/aromatic N) is 1. The molecule has 0 aliphatic rings. The lowest BCUT2D eigenvalue weighted by molar-refractivity contribution is -0.146. The summed E-state index contributed by atoms with van der Waals surface area (Å²) in [6.45, 7) is 1.52. The fraction of sp³-hybridized carbons (Fsp3) is 0.619. The van der Waals surface area contributed by atoms with E-state index in [0.717, 1.165) is 18.4 Å². The third-order valence-electron chi connectivity index (χ3n) is 4.54. The Hall–Kier alpha value is -1.88. The first-order valence-corrected chi connectivity index (χ1v) is 9.86. The average molecular weight is 363 g/mol. The maximum absolute atomic E-state index is 11.8. The molecule has 1 amide bonds. The maximum Gasteiger partial charge on any atom is 0.325 e. The minimum absolute atomic E-state index is 0.222. The number of benzene rings is 1. The standard InChI is InChI=1S/C21H33NO4/c1-2-3-4-5-6-7-8-9-10-11-12-18-13-15-19(16-14-18)21(25)22(26)17-20(23)24/h13-16,26H,2-12,17H2,1H3,(H,23,24). The first-order valence-electron chi connectivity index (χ1n) is 9.86. The first kappa shape index (κ1) is 22.2. The molecule has 0 radical (unpaired) electrons. The van der Waals surface area contributed by atoms with E-state index >= 15 is 0 Å². The van der Waals surface area contributed by atoms with Gasteiger partial charge >= 0.3 is 5.97 Å². The number of aryl methyl sites for hydroxylation is 1. The summed E-state index contributed by atoms with van der Waals surface area (Å²) in [6, 6.07) is 7.02. The number of rotatable bonds is 14. The predicted molar refractivity (Wildman–Crippen MR) is 102 cm³/mol. The topological polar surface area (TPSA) is 77.8 Å². The summed E-state index contributed by atoms with van der Waals surface area (Å²) in [7, 11) is 0. The van der Waals surface area contributed by atoms with E-state index in [1.807, 2.05) is 12.1 Å². The molecule has 0 bridgehead atoms. The molecule has 0 saturated heterocycles. The minimum Gasteiger partial charge on any atom is -0.480 e. The quantitative estimate of drug-likeness (QED) is 0.275. The second-order valence-electron chi connectivity index (χ2n) is 6.89. The number of hydrogen-bond acceptors (Lipinski definition) is 3. The molecule has 5 heteroatoms. The van der Waals surface area contributed by atoms with Crippen molar-refractivity contribution in [2.45, 2.75) is 77.6 Å². The molecule has 0 saturated carbocycles. The van der Waals surface area contributed by atoms with Crippen LogP contribution in [0, 0.1) is 0 Å². The number of hydroxylamine groups is 2. The highest BCUT2D eigenvalue weighted by Gasteiger charge is 2.16. The Morgan fingerprint density at radius 3 is 1.85 bits per heavy atom. The molecule has 2 N–H and O–H groups in total. The van der Waals surface area contributed by atoms with Gasteiger partial charge in [-0.15, -0.1) is 0 Å². The van der Waals surface area contributed by atoms with Crippen LogP contribution in [0.5, 0.6) is 0 Å². The Balaban J connectivity index is 2.17. The molecule has 0 heterocycles. The van der Waals surface area contributed by atoms with Crippen molar-refractivity contribution in [2.75, 3.05) is 6.54 Å². The molecule has 26 heavy (non-hydrogen) atoms. The van der Waals surface area contributed by atoms with Gasteiger partial charge in [0.15, 0.2) is 0 Å². The van der Waals surface area contributed by atoms with E-state index in [9.17, 15) is 14.8 Å². The van der Waals surface area contributed by atoms with Crippen LogP contribution in [-0.4, -0.2) is 33.8 Å². The molecule has 1 aromatic carbocycles. The van der Waals surface area contributed by atoms with E-state index in [2.05, 4.69) is 6.92 Å². The fourth-order valence-electron chi connectivity index (χ4n) is 2.98. The number of unbranched alkanes of at least 4 members (excludes halogenated alkanes) is 9. The molecular weight excluding hydrogens is 330 g/mol. The second-order valence-corrected chi connectivity index (χ2v) is 6.89. The first-order chi connectivity index (χ1) is 12.5. The summed E-state index contributed by atoms with van der Waals surface area (Å²) >= 11 is 0. The van der Waals surface area contributed by atoms with Crippen LogP contribution in [0.15, 0.2) is 24.3 Å². The van der Waals surface area contributed by atoms with Gasteiger partial charge in [0.2, 0.25) is 0 Å². The van der Waals surface area contributed by atoms with Crippen molar-refractivity contribution in [3.8, 4) is 0 Å². The van der Waals surface area contributed by atoms with Gasteiger partial charge in [-0.1, -0.05) is 76.8 Å². The van der Waals surface area contributed by atoms with Gasteiger partial charge in [0.05, 0.1) is 0 Å². The van der Waals surface area contributed by atoms with E-state index in [1.54, 1.807) is 12.1 Å². The molecular formula is C21H33NO4. The third kappa shape index (κ3) is 9.56. The molecule has 1 rings (SSSR count). The molecule has 1 aromatic rings.